The highest BCUT2D eigenvalue weighted by atomic mass is 32.1. The number of para-hydroxylation sites is 1. The van der Waals surface area contributed by atoms with Crippen molar-refractivity contribution in [3.05, 3.63) is 59.9 Å². The van der Waals surface area contributed by atoms with Crippen molar-refractivity contribution in [2.45, 2.75) is 0 Å². The number of rotatable bonds is 6. The van der Waals surface area contributed by atoms with E-state index in [1.54, 1.807) is 24.3 Å². The Morgan fingerprint density at radius 2 is 2.00 bits per heavy atom. The third kappa shape index (κ3) is 4.16. The average molecular weight is 304 g/mol. The lowest BCUT2D eigenvalue weighted by Gasteiger charge is -2.20. The van der Waals surface area contributed by atoms with Gasteiger partial charge in [0.25, 0.3) is 0 Å². The van der Waals surface area contributed by atoms with Crippen molar-refractivity contribution < 1.29 is 9.13 Å². The minimum absolute atomic E-state index is 0.240. The number of ether oxygens (including phenoxy) is 1. The van der Waals surface area contributed by atoms with Crippen molar-refractivity contribution in [2.24, 2.45) is 5.73 Å². The third-order valence-corrected chi connectivity index (χ3v) is 3.31. The van der Waals surface area contributed by atoms with Gasteiger partial charge in [0.2, 0.25) is 0 Å². The van der Waals surface area contributed by atoms with Crippen LogP contribution in [0.1, 0.15) is 5.56 Å². The monoisotopic (exact) mass is 304 g/mol. The van der Waals surface area contributed by atoms with Gasteiger partial charge in [-0.2, -0.15) is 0 Å². The van der Waals surface area contributed by atoms with Gasteiger partial charge in [0, 0.05) is 12.6 Å². The van der Waals surface area contributed by atoms with Gasteiger partial charge in [-0.15, -0.1) is 0 Å². The van der Waals surface area contributed by atoms with Crippen LogP contribution in [-0.4, -0.2) is 25.2 Å². The molecule has 110 valence electrons. The highest BCUT2D eigenvalue weighted by molar-refractivity contribution is 7.80. The Labute approximate surface area is 129 Å². The normalized spacial score (nSPS) is 10.2. The number of anilines is 1. The molecule has 5 heteroatoms. The Kier molecular flexibility index (Phi) is 5.11. The van der Waals surface area contributed by atoms with Crippen LogP contribution < -0.4 is 15.4 Å². The number of benzene rings is 2. The zero-order valence-corrected chi connectivity index (χ0v) is 12.6. The summed E-state index contributed by atoms with van der Waals surface area (Å²) < 4.78 is 19.3. The van der Waals surface area contributed by atoms with Gasteiger partial charge in [0.05, 0.1) is 12.2 Å². The van der Waals surface area contributed by atoms with Crippen LogP contribution in [0.5, 0.6) is 5.75 Å². The molecule has 0 aromatic heterocycles. The topological polar surface area (TPSA) is 38.5 Å². The first-order chi connectivity index (χ1) is 10.1. The molecule has 2 rings (SSSR count). The quantitative estimate of drug-likeness (QED) is 0.833. The first-order valence-electron chi connectivity index (χ1n) is 6.56. The maximum absolute atomic E-state index is 13.6. The summed E-state index contributed by atoms with van der Waals surface area (Å²) in [4.78, 5) is 2.15. The van der Waals surface area contributed by atoms with Gasteiger partial charge in [0.1, 0.15) is 23.2 Å². The molecule has 0 spiro atoms. The molecule has 2 N–H and O–H groups in total. The summed E-state index contributed by atoms with van der Waals surface area (Å²) in [6.45, 7) is 1.00. The first-order valence-corrected chi connectivity index (χ1v) is 6.97. The van der Waals surface area contributed by atoms with E-state index < -0.39 is 0 Å². The summed E-state index contributed by atoms with van der Waals surface area (Å²) in [5, 5.41) is 0. The van der Waals surface area contributed by atoms with E-state index in [-0.39, 0.29) is 5.82 Å². The zero-order chi connectivity index (χ0) is 15.2. The predicted octanol–water partition coefficient (Wildman–Crippen LogP) is 2.98. The second-order valence-electron chi connectivity index (χ2n) is 4.61. The Hall–Kier alpha value is -2.14. The molecule has 0 atom stereocenters. The van der Waals surface area contributed by atoms with E-state index in [9.17, 15) is 4.39 Å². The molecule has 3 nitrogen and oxygen atoms in total. The summed E-state index contributed by atoms with van der Waals surface area (Å²) in [6.07, 6.45) is 0. The summed E-state index contributed by atoms with van der Waals surface area (Å²) in [6, 6.07) is 14.0. The van der Waals surface area contributed by atoms with Crippen LogP contribution in [0.2, 0.25) is 0 Å². The smallest absolute Gasteiger partial charge is 0.146 e. The van der Waals surface area contributed by atoms with E-state index in [1.165, 1.54) is 6.07 Å². The molecule has 2 aromatic rings. The van der Waals surface area contributed by atoms with Crippen LogP contribution in [0.3, 0.4) is 0 Å². The fraction of sp³-hybridized carbons (Fsp3) is 0.188. The number of nitrogens with two attached hydrogens (primary N) is 1. The molecule has 0 fully saturated rings. The molecule has 0 unspecified atom stereocenters. The molecule has 2 aromatic carbocycles. The van der Waals surface area contributed by atoms with Crippen molar-refractivity contribution in [1.82, 2.24) is 0 Å². The summed E-state index contributed by atoms with van der Waals surface area (Å²) in [5.41, 5.74) is 6.90. The highest BCUT2D eigenvalue weighted by Gasteiger charge is 2.06. The lowest BCUT2D eigenvalue weighted by molar-refractivity contribution is 0.325. The van der Waals surface area contributed by atoms with Crippen LogP contribution in [-0.2, 0) is 0 Å². The van der Waals surface area contributed by atoms with Gasteiger partial charge in [-0.1, -0.05) is 36.5 Å². The van der Waals surface area contributed by atoms with Crippen molar-refractivity contribution in [3.63, 3.8) is 0 Å². The highest BCUT2D eigenvalue weighted by Crippen LogP contribution is 2.17. The van der Waals surface area contributed by atoms with Crippen molar-refractivity contribution in [3.8, 4) is 5.75 Å². The van der Waals surface area contributed by atoms with Crippen LogP contribution in [0, 0.1) is 5.82 Å². The van der Waals surface area contributed by atoms with Crippen LogP contribution >= 0.6 is 12.2 Å². The molecule has 0 aliphatic rings. The van der Waals surface area contributed by atoms with E-state index in [4.69, 9.17) is 22.7 Å². The maximum Gasteiger partial charge on any atom is 0.146 e. The number of thiocarbonyl (C=S) groups is 1. The largest absolute Gasteiger partial charge is 0.492 e. The molecular formula is C16H17FN2OS. The summed E-state index contributed by atoms with van der Waals surface area (Å²) >= 11 is 4.93. The second kappa shape index (κ2) is 7.04. The van der Waals surface area contributed by atoms with Crippen LogP contribution in [0.25, 0.3) is 0 Å². The molecule has 0 bridgehead atoms. The molecule has 0 aliphatic heterocycles. The predicted molar refractivity (Wildman–Crippen MR) is 87.5 cm³/mol. The molecule has 0 heterocycles. The second-order valence-corrected chi connectivity index (χ2v) is 5.05. The maximum atomic E-state index is 13.6. The van der Waals surface area contributed by atoms with Gasteiger partial charge in [-0.3, -0.25) is 0 Å². The third-order valence-electron chi connectivity index (χ3n) is 3.08. The molecule has 0 radical (unpaired) electrons. The summed E-state index contributed by atoms with van der Waals surface area (Å²) in [7, 11) is 1.83. The number of halogens is 1. The standard InChI is InChI=1S/C16H17FN2OS/c1-19(15-8-3-2-7-14(15)17)9-10-20-13-6-4-5-12(11-13)16(18)21/h2-8,11H,9-10H2,1H3,(H2,18,21). The van der Waals surface area contributed by atoms with Crippen molar-refractivity contribution in [1.29, 1.82) is 0 Å². The Morgan fingerprint density at radius 3 is 2.71 bits per heavy atom. The van der Waals surface area contributed by atoms with E-state index >= 15 is 0 Å². The fourth-order valence-electron chi connectivity index (χ4n) is 1.92. The van der Waals surface area contributed by atoms with Gasteiger partial charge in [-0.25, -0.2) is 4.39 Å². The number of likely N-dealkylation sites (N-methyl/N-ethyl adjacent to an activating group) is 1. The van der Waals surface area contributed by atoms with E-state index in [1.807, 2.05) is 30.1 Å². The Morgan fingerprint density at radius 1 is 1.24 bits per heavy atom. The molecule has 0 aliphatic carbocycles. The number of nitrogens with zero attached hydrogens (tertiary/aromatic N) is 1. The number of hydrogen-bond donors (Lipinski definition) is 1. The number of hydrogen-bond acceptors (Lipinski definition) is 3. The molecule has 0 amide bonds. The van der Waals surface area contributed by atoms with Crippen LogP contribution in [0.15, 0.2) is 48.5 Å². The molecule has 0 saturated carbocycles. The van der Waals surface area contributed by atoms with E-state index in [0.29, 0.717) is 29.6 Å². The zero-order valence-electron chi connectivity index (χ0n) is 11.8. The average Bonchev–Trinajstić information content (AvgIpc) is 2.48. The minimum Gasteiger partial charge on any atom is -0.492 e. The molecule has 0 saturated heterocycles. The lowest BCUT2D eigenvalue weighted by atomic mass is 10.2. The van der Waals surface area contributed by atoms with Crippen LogP contribution in [0.4, 0.5) is 10.1 Å². The van der Waals surface area contributed by atoms with Gasteiger partial charge >= 0.3 is 0 Å². The molecule has 21 heavy (non-hydrogen) atoms. The van der Waals surface area contributed by atoms with Gasteiger partial charge in [0.15, 0.2) is 0 Å². The van der Waals surface area contributed by atoms with E-state index in [0.717, 1.165) is 5.56 Å². The minimum atomic E-state index is -0.240. The molecular weight excluding hydrogens is 287 g/mol. The van der Waals surface area contributed by atoms with E-state index in [2.05, 4.69) is 0 Å². The first kappa shape index (κ1) is 15.3. The van der Waals surface area contributed by atoms with Crippen molar-refractivity contribution >= 4 is 22.9 Å². The van der Waals surface area contributed by atoms with Crippen molar-refractivity contribution in [2.75, 3.05) is 25.1 Å². The summed E-state index contributed by atoms with van der Waals surface area (Å²) in [5.74, 6) is 0.456. The van der Waals surface area contributed by atoms with Gasteiger partial charge < -0.3 is 15.4 Å². The fourth-order valence-corrected chi connectivity index (χ4v) is 2.05. The van der Waals surface area contributed by atoms with Gasteiger partial charge in [-0.05, 0) is 24.3 Å². The Balaban J connectivity index is 1.91. The SMILES string of the molecule is CN(CCOc1cccc(C(N)=S)c1)c1ccccc1F. The Bertz CT molecular complexity index is 633. The lowest BCUT2D eigenvalue weighted by Crippen LogP contribution is -2.24.